The first-order valence-electron chi connectivity index (χ1n) is 12.7. The van der Waals surface area contributed by atoms with Crippen molar-refractivity contribution in [2.75, 3.05) is 0 Å². The largest absolute Gasteiger partial charge is 0.475 e. The van der Waals surface area contributed by atoms with E-state index in [4.69, 9.17) is 0 Å². The SMILES string of the molecule is O=C(O)C(=O)c1cn(C2CC3CCCC(C2)N3C2CC3CCCC(C3)C2)c2ccccc12. The van der Waals surface area contributed by atoms with E-state index in [2.05, 4.69) is 9.47 Å². The van der Waals surface area contributed by atoms with Gasteiger partial charge in [0.1, 0.15) is 0 Å². The van der Waals surface area contributed by atoms with Crippen LogP contribution in [0.5, 0.6) is 0 Å². The number of fused-ring (bicyclic) bond motifs is 5. The molecule has 2 saturated carbocycles. The number of hydrogen-bond donors (Lipinski definition) is 1. The first-order valence-corrected chi connectivity index (χ1v) is 12.7. The lowest BCUT2D eigenvalue weighted by Gasteiger charge is -2.55. The van der Waals surface area contributed by atoms with Gasteiger partial charge in [-0.1, -0.05) is 43.9 Å². The molecule has 4 fully saturated rings. The lowest BCUT2D eigenvalue weighted by atomic mass is 9.68. The van der Waals surface area contributed by atoms with Crippen LogP contribution in [-0.2, 0) is 4.79 Å². The van der Waals surface area contributed by atoms with Gasteiger partial charge in [0.2, 0.25) is 0 Å². The molecule has 0 amide bonds. The van der Waals surface area contributed by atoms with Crippen molar-refractivity contribution in [1.29, 1.82) is 0 Å². The quantitative estimate of drug-likeness (QED) is 0.514. The standard InChI is InChI=1S/C27H34N2O3/c30-26(27(31)32)24-16-28(25-10-2-1-9-23(24)25)21-14-19-7-4-8-20(15-21)29(19)22-12-17-5-3-6-18(11-17)13-22/h1-2,9-10,16-22H,3-8,11-15H2,(H,31,32). The summed E-state index contributed by atoms with van der Waals surface area (Å²) in [5, 5.41) is 10.1. The fourth-order valence-electron chi connectivity index (χ4n) is 7.95. The number of carboxylic acids is 1. The van der Waals surface area contributed by atoms with E-state index in [0.717, 1.165) is 41.6 Å². The van der Waals surface area contributed by atoms with Crippen LogP contribution in [0.2, 0.25) is 0 Å². The van der Waals surface area contributed by atoms with Crippen molar-refractivity contribution in [3.8, 4) is 0 Å². The van der Waals surface area contributed by atoms with Crippen LogP contribution in [0.25, 0.3) is 10.9 Å². The predicted octanol–water partition coefficient (Wildman–Crippen LogP) is 5.44. The van der Waals surface area contributed by atoms with Crippen molar-refractivity contribution in [1.82, 2.24) is 9.47 Å². The van der Waals surface area contributed by atoms with Crippen LogP contribution < -0.4 is 0 Å². The van der Waals surface area contributed by atoms with Crippen molar-refractivity contribution in [2.24, 2.45) is 11.8 Å². The molecule has 4 unspecified atom stereocenters. The highest BCUT2D eigenvalue weighted by Crippen LogP contribution is 2.48. The highest BCUT2D eigenvalue weighted by Gasteiger charge is 2.45. The summed E-state index contributed by atoms with van der Waals surface area (Å²) in [4.78, 5) is 26.8. The van der Waals surface area contributed by atoms with Gasteiger partial charge in [-0.05, 0) is 62.8 Å². The van der Waals surface area contributed by atoms with Crippen LogP contribution in [0.15, 0.2) is 30.5 Å². The van der Waals surface area contributed by atoms with Gasteiger partial charge in [0.05, 0.1) is 5.56 Å². The Kier molecular flexibility index (Phi) is 5.13. The minimum atomic E-state index is -1.37. The van der Waals surface area contributed by atoms with Crippen LogP contribution in [0.1, 0.15) is 87.0 Å². The van der Waals surface area contributed by atoms with Crippen LogP contribution in [-0.4, -0.2) is 44.5 Å². The number of aromatic nitrogens is 1. The molecule has 2 aromatic rings. The van der Waals surface area contributed by atoms with Gasteiger partial charge in [0.15, 0.2) is 0 Å². The van der Waals surface area contributed by atoms with E-state index in [1.54, 1.807) is 0 Å². The van der Waals surface area contributed by atoms with Gasteiger partial charge in [-0.15, -0.1) is 0 Å². The van der Waals surface area contributed by atoms with E-state index in [9.17, 15) is 14.7 Å². The Balaban J connectivity index is 1.30. The Labute approximate surface area is 189 Å². The molecule has 1 aromatic heterocycles. The molecular formula is C27H34N2O3. The maximum absolute atomic E-state index is 12.4. The average Bonchev–Trinajstić information content (AvgIpc) is 3.17. The molecule has 1 aromatic carbocycles. The maximum Gasteiger partial charge on any atom is 0.377 e. The Morgan fingerprint density at radius 3 is 2.12 bits per heavy atom. The molecule has 170 valence electrons. The molecule has 2 aliphatic heterocycles. The molecule has 32 heavy (non-hydrogen) atoms. The summed E-state index contributed by atoms with van der Waals surface area (Å²) in [6.45, 7) is 0. The monoisotopic (exact) mass is 434 g/mol. The van der Waals surface area contributed by atoms with E-state index < -0.39 is 11.8 Å². The van der Waals surface area contributed by atoms with Crippen LogP contribution >= 0.6 is 0 Å². The maximum atomic E-state index is 12.4. The Bertz CT molecular complexity index is 1020. The second-order valence-electron chi connectivity index (χ2n) is 10.9. The van der Waals surface area contributed by atoms with Crippen LogP contribution in [0, 0.1) is 11.8 Å². The number of ketones is 1. The zero-order valence-corrected chi connectivity index (χ0v) is 18.8. The molecule has 0 radical (unpaired) electrons. The summed E-state index contributed by atoms with van der Waals surface area (Å²) in [6.07, 6.45) is 16.5. The number of para-hydroxylation sites is 1. The van der Waals surface area contributed by atoms with E-state index in [1.807, 2.05) is 30.5 Å². The molecule has 4 aliphatic rings. The van der Waals surface area contributed by atoms with E-state index >= 15 is 0 Å². The summed E-state index contributed by atoms with van der Waals surface area (Å²) in [7, 11) is 0. The molecule has 4 atom stereocenters. The number of nitrogens with zero attached hydrogens (tertiary/aromatic N) is 2. The molecule has 1 N–H and O–H groups in total. The smallest absolute Gasteiger partial charge is 0.377 e. The number of carbonyl (C=O) groups excluding carboxylic acids is 1. The average molecular weight is 435 g/mol. The highest BCUT2D eigenvalue weighted by molar-refractivity contribution is 6.42. The third-order valence-electron chi connectivity index (χ3n) is 9.10. The minimum absolute atomic E-state index is 0.334. The van der Waals surface area contributed by atoms with Crippen LogP contribution in [0.4, 0.5) is 0 Å². The Morgan fingerprint density at radius 1 is 0.781 bits per heavy atom. The summed E-state index contributed by atoms with van der Waals surface area (Å²) in [5.41, 5.74) is 1.33. The predicted molar refractivity (Wildman–Crippen MR) is 124 cm³/mol. The molecule has 2 aliphatic carbocycles. The first-order chi connectivity index (χ1) is 15.6. The van der Waals surface area contributed by atoms with E-state index in [1.165, 1.54) is 57.8 Å². The Morgan fingerprint density at radius 2 is 1.44 bits per heavy atom. The van der Waals surface area contributed by atoms with Crippen molar-refractivity contribution in [3.05, 3.63) is 36.0 Å². The van der Waals surface area contributed by atoms with Gasteiger partial charge in [0, 0.05) is 41.3 Å². The summed E-state index contributed by atoms with van der Waals surface area (Å²) in [6, 6.07) is 10.2. The fraction of sp³-hybridized carbons (Fsp3) is 0.630. The molecule has 2 saturated heterocycles. The number of piperidine rings is 2. The molecule has 0 spiro atoms. The molecular weight excluding hydrogens is 400 g/mol. The number of carboxylic acid groups (broad SMARTS) is 1. The van der Waals surface area contributed by atoms with Gasteiger partial charge in [-0.3, -0.25) is 9.69 Å². The third-order valence-corrected chi connectivity index (χ3v) is 9.10. The van der Waals surface area contributed by atoms with Gasteiger partial charge >= 0.3 is 5.97 Å². The number of rotatable bonds is 4. The second-order valence-corrected chi connectivity index (χ2v) is 10.9. The number of aliphatic carboxylic acids is 1. The number of benzene rings is 1. The number of hydrogen-bond acceptors (Lipinski definition) is 3. The van der Waals surface area contributed by atoms with E-state index in [0.29, 0.717) is 23.7 Å². The summed E-state index contributed by atoms with van der Waals surface area (Å²) in [5.74, 6) is -0.276. The van der Waals surface area contributed by atoms with Gasteiger partial charge in [-0.25, -0.2) is 4.79 Å². The Hall–Kier alpha value is -2.14. The zero-order valence-electron chi connectivity index (χ0n) is 18.8. The molecule has 3 heterocycles. The number of carbonyl (C=O) groups is 2. The summed E-state index contributed by atoms with van der Waals surface area (Å²) >= 11 is 0. The highest BCUT2D eigenvalue weighted by atomic mass is 16.4. The van der Waals surface area contributed by atoms with Crippen molar-refractivity contribution in [3.63, 3.8) is 0 Å². The van der Waals surface area contributed by atoms with Crippen molar-refractivity contribution >= 4 is 22.7 Å². The molecule has 6 rings (SSSR count). The van der Waals surface area contributed by atoms with Gasteiger partial charge in [0.25, 0.3) is 5.78 Å². The van der Waals surface area contributed by atoms with Crippen molar-refractivity contribution in [2.45, 2.75) is 94.8 Å². The second kappa shape index (κ2) is 8.02. The lowest BCUT2D eigenvalue weighted by molar-refractivity contribution is -0.131. The topological polar surface area (TPSA) is 62.5 Å². The minimum Gasteiger partial charge on any atom is -0.475 e. The first kappa shape index (κ1) is 20.5. The van der Waals surface area contributed by atoms with Gasteiger partial charge < -0.3 is 9.67 Å². The van der Waals surface area contributed by atoms with Crippen molar-refractivity contribution < 1.29 is 14.7 Å². The molecule has 5 nitrogen and oxygen atoms in total. The molecule has 5 heteroatoms. The van der Waals surface area contributed by atoms with Gasteiger partial charge in [-0.2, -0.15) is 0 Å². The molecule has 4 bridgehead atoms. The fourth-order valence-corrected chi connectivity index (χ4v) is 7.95. The lowest BCUT2D eigenvalue weighted by Crippen LogP contribution is -2.58. The summed E-state index contributed by atoms with van der Waals surface area (Å²) < 4.78 is 2.24. The normalized spacial score (nSPS) is 35.0. The van der Waals surface area contributed by atoms with E-state index in [-0.39, 0.29) is 0 Å². The zero-order chi connectivity index (χ0) is 21.8. The third kappa shape index (κ3) is 3.40. The van der Waals surface area contributed by atoms with Crippen LogP contribution in [0.3, 0.4) is 0 Å². The number of Topliss-reactive ketones (excluding diaryl/α,β-unsaturated/α-hetero) is 1.